The lowest BCUT2D eigenvalue weighted by Gasteiger charge is -2.41. The van der Waals surface area contributed by atoms with Crippen LogP contribution >= 0.6 is 0 Å². The van der Waals surface area contributed by atoms with E-state index < -0.39 is 0 Å². The summed E-state index contributed by atoms with van der Waals surface area (Å²) in [5.74, 6) is 0.192. The van der Waals surface area contributed by atoms with E-state index >= 15 is 0 Å². The smallest absolute Gasteiger partial charge is 0.224 e. The normalized spacial score (nSPS) is 21.9. The highest BCUT2D eigenvalue weighted by molar-refractivity contribution is 5.82. The van der Waals surface area contributed by atoms with Crippen molar-refractivity contribution < 1.29 is 9.53 Å². The fourth-order valence-electron chi connectivity index (χ4n) is 4.42. The molecule has 0 radical (unpaired) electrons. The average molecular weight is 365 g/mol. The minimum Gasteiger partial charge on any atom is -0.370 e. The van der Waals surface area contributed by atoms with Crippen molar-refractivity contribution in [3.63, 3.8) is 0 Å². The van der Waals surface area contributed by atoms with Crippen molar-refractivity contribution in [3.8, 4) is 0 Å². The predicted molar refractivity (Wildman–Crippen MR) is 100 cm³/mol. The van der Waals surface area contributed by atoms with Crippen molar-refractivity contribution in [2.45, 2.75) is 45.1 Å². The Hall–Kier alpha value is -2.67. The first-order valence-electron chi connectivity index (χ1n) is 9.54. The molecule has 0 aliphatic carbocycles. The molecule has 4 heterocycles. The molecule has 5 rings (SSSR count). The summed E-state index contributed by atoms with van der Waals surface area (Å²) in [4.78, 5) is 14.9. The van der Waals surface area contributed by atoms with Crippen LogP contribution < -0.4 is 0 Å². The quantitative estimate of drug-likeness (QED) is 0.714. The van der Waals surface area contributed by atoms with Crippen molar-refractivity contribution in [1.29, 1.82) is 0 Å². The molecular weight excluding hydrogens is 342 g/mol. The minimum atomic E-state index is 0.0723. The largest absolute Gasteiger partial charge is 0.370 e. The topological polar surface area (TPSA) is 65.2 Å². The van der Waals surface area contributed by atoms with E-state index in [2.05, 4.69) is 40.0 Å². The Kier molecular flexibility index (Phi) is 3.97. The maximum atomic E-state index is 12.9. The number of hydrogen-bond acceptors (Lipinski definition) is 4. The zero-order valence-electron chi connectivity index (χ0n) is 15.4. The molecule has 2 atom stereocenters. The second-order valence-electron chi connectivity index (χ2n) is 7.46. The van der Waals surface area contributed by atoms with E-state index in [1.807, 2.05) is 21.7 Å². The van der Waals surface area contributed by atoms with Crippen LogP contribution in [0.5, 0.6) is 0 Å². The molecule has 0 bridgehead atoms. The zero-order chi connectivity index (χ0) is 18.4. The van der Waals surface area contributed by atoms with Crippen molar-refractivity contribution in [1.82, 2.24) is 24.5 Å². The lowest BCUT2D eigenvalue weighted by Crippen LogP contribution is -2.50. The van der Waals surface area contributed by atoms with Gasteiger partial charge in [0.05, 0.1) is 30.6 Å². The van der Waals surface area contributed by atoms with Crippen LogP contribution in [-0.2, 0) is 22.7 Å². The van der Waals surface area contributed by atoms with E-state index in [-0.39, 0.29) is 18.1 Å². The summed E-state index contributed by atoms with van der Waals surface area (Å²) in [5.41, 5.74) is 3.37. The molecule has 2 aliphatic heterocycles. The van der Waals surface area contributed by atoms with Gasteiger partial charge in [-0.2, -0.15) is 0 Å². The van der Waals surface area contributed by atoms with Crippen molar-refractivity contribution in [3.05, 3.63) is 47.9 Å². The number of carbonyl (C=O) groups is 1. The Morgan fingerprint density at radius 2 is 2.22 bits per heavy atom. The molecule has 1 aromatic carbocycles. The van der Waals surface area contributed by atoms with E-state index in [9.17, 15) is 4.79 Å². The van der Waals surface area contributed by atoms with Gasteiger partial charge in [0, 0.05) is 37.3 Å². The van der Waals surface area contributed by atoms with Gasteiger partial charge in [-0.15, -0.1) is 5.10 Å². The third-order valence-electron chi connectivity index (χ3n) is 5.85. The van der Waals surface area contributed by atoms with Crippen LogP contribution in [0.2, 0.25) is 0 Å². The summed E-state index contributed by atoms with van der Waals surface area (Å²) >= 11 is 0. The number of aromatic nitrogens is 4. The van der Waals surface area contributed by atoms with Crippen LogP contribution in [0.4, 0.5) is 0 Å². The number of aryl methyl sites for hydroxylation is 2. The molecular formula is C20H23N5O2. The van der Waals surface area contributed by atoms with E-state index in [1.165, 1.54) is 16.6 Å². The van der Waals surface area contributed by atoms with E-state index in [0.717, 1.165) is 18.7 Å². The molecule has 7 nitrogen and oxygen atoms in total. The number of nitrogens with zero attached hydrogens (tertiary/aromatic N) is 5. The SMILES string of the molecule is Cc1cc2ccccc2n1CCC(=O)N1CC[C@@H]2OCc3cnnn3[C@@H]2C1. The van der Waals surface area contributed by atoms with E-state index in [4.69, 9.17) is 4.74 Å². The zero-order valence-corrected chi connectivity index (χ0v) is 15.4. The molecule has 27 heavy (non-hydrogen) atoms. The maximum Gasteiger partial charge on any atom is 0.224 e. The van der Waals surface area contributed by atoms with E-state index in [1.54, 1.807) is 6.20 Å². The van der Waals surface area contributed by atoms with Gasteiger partial charge in [0.2, 0.25) is 5.91 Å². The van der Waals surface area contributed by atoms with Crippen LogP contribution in [0.15, 0.2) is 36.5 Å². The van der Waals surface area contributed by atoms with Gasteiger partial charge >= 0.3 is 0 Å². The third-order valence-corrected chi connectivity index (χ3v) is 5.85. The molecule has 140 valence electrons. The highest BCUT2D eigenvalue weighted by Gasteiger charge is 2.37. The highest BCUT2D eigenvalue weighted by Crippen LogP contribution is 2.30. The van der Waals surface area contributed by atoms with Gasteiger partial charge in [-0.25, -0.2) is 4.68 Å². The highest BCUT2D eigenvalue weighted by atomic mass is 16.5. The molecule has 1 amide bonds. The second-order valence-corrected chi connectivity index (χ2v) is 7.46. The van der Waals surface area contributed by atoms with Gasteiger partial charge in [-0.1, -0.05) is 23.4 Å². The Balaban J connectivity index is 1.29. The molecule has 0 saturated carbocycles. The van der Waals surface area contributed by atoms with Gasteiger partial charge < -0.3 is 14.2 Å². The number of benzene rings is 1. The molecule has 0 N–H and O–H groups in total. The molecule has 0 unspecified atom stereocenters. The number of fused-ring (bicyclic) bond motifs is 4. The fraction of sp³-hybridized carbons (Fsp3) is 0.450. The van der Waals surface area contributed by atoms with Gasteiger partial charge in [-0.05, 0) is 30.9 Å². The van der Waals surface area contributed by atoms with Crippen LogP contribution in [0.1, 0.15) is 30.3 Å². The van der Waals surface area contributed by atoms with Crippen molar-refractivity contribution in [2.75, 3.05) is 13.1 Å². The molecule has 2 aliphatic rings. The first-order valence-corrected chi connectivity index (χ1v) is 9.54. The first-order chi connectivity index (χ1) is 13.2. The monoisotopic (exact) mass is 365 g/mol. The Morgan fingerprint density at radius 1 is 1.33 bits per heavy atom. The fourth-order valence-corrected chi connectivity index (χ4v) is 4.42. The lowest BCUT2D eigenvalue weighted by atomic mass is 10.00. The molecule has 0 spiro atoms. The number of para-hydroxylation sites is 1. The number of ether oxygens (including phenoxy) is 1. The number of likely N-dealkylation sites (tertiary alicyclic amines) is 1. The summed E-state index contributed by atoms with van der Waals surface area (Å²) in [6.07, 6.45) is 3.22. The average Bonchev–Trinajstić information content (AvgIpc) is 3.29. The van der Waals surface area contributed by atoms with Crippen LogP contribution in [0.25, 0.3) is 10.9 Å². The van der Waals surface area contributed by atoms with Crippen LogP contribution in [-0.4, -0.2) is 49.6 Å². The third kappa shape index (κ3) is 2.82. The Bertz CT molecular complexity index is 991. The molecule has 1 saturated heterocycles. The molecule has 3 aromatic rings. The molecule has 2 aromatic heterocycles. The number of piperidine rings is 1. The minimum absolute atomic E-state index is 0.0723. The van der Waals surface area contributed by atoms with Crippen LogP contribution in [0, 0.1) is 6.92 Å². The van der Waals surface area contributed by atoms with Crippen molar-refractivity contribution in [2.24, 2.45) is 0 Å². The number of carbonyl (C=O) groups excluding carboxylic acids is 1. The second kappa shape index (κ2) is 6.49. The first kappa shape index (κ1) is 16.5. The number of hydrogen-bond donors (Lipinski definition) is 0. The van der Waals surface area contributed by atoms with Gasteiger partial charge in [0.15, 0.2) is 0 Å². The maximum absolute atomic E-state index is 12.9. The predicted octanol–water partition coefficient (Wildman–Crippen LogP) is 2.30. The van der Waals surface area contributed by atoms with Crippen molar-refractivity contribution >= 4 is 16.8 Å². The standard InChI is InChI=1S/C20H23N5O2/c1-14-10-15-4-2-3-5-17(15)24(14)9-7-20(26)23-8-6-19-18(12-23)25-16(13-27-19)11-21-22-25/h2-5,10-11,18-19H,6-9,12-13H2,1H3/t18-,19+/m1/s1. The Labute approximate surface area is 157 Å². The van der Waals surface area contributed by atoms with E-state index in [0.29, 0.717) is 26.1 Å². The summed E-state index contributed by atoms with van der Waals surface area (Å²) in [6.45, 7) is 4.75. The summed E-state index contributed by atoms with van der Waals surface area (Å²) in [6, 6.07) is 10.6. The number of rotatable bonds is 3. The lowest BCUT2D eigenvalue weighted by molar-refractivity contribution is -0.138. The summed E-state index contributed by atoms with van der Waals surface area (Å²) in [7, 11) is 0. The number of amides is 1. The van der Waals surface area contributed by atoms with Gasteiger partial charge in [-0.3, -0.25) is 4.79 Å². The van der Waals surface area contributed by atoms with Gasteiger partial charge in [0.25, 0.3) is 0 Å². The summed E-state index contributed by atoms with van der Waals surface area (Å²) in [5, 5.41) is 9.43. The molecule has 1 fully saturated rings. The Morgan fingerprint density at radius 3 is 3.15 bits per heavy atom. The van der Waals surface area contributed by atoms with Gasteiger partial charge in [0.1, 0.15) is 0 Å². The van der Waals surface area contributed by atoms with Crippen LogP contribution in [0.3, 0.4) is 0 Å². The summed E-state index contributed by atoms with van der Waals surface area (Å²) < 4.78 is 10.1. The molecule has 7 heteroatoms.